The lowest BCUT2D eigenvalue weighted by Gasteiger charge is -2.34. The molecule has 14 nitrogen and oxygen atoms in total. The number of para-hydroxylation sites is 1. The van der Waals surface area contributed by atoms with Gasteiger partial charge in [-0.1, -0.05) is 48.5 Å². The van der Waals surface area contributed by atoms with Crippen molar-refractivity contribution in [2.75, 3.05) is 59.0 Å². The molecule has 3 aromatic carbocycles. The predicted molar refractivity (Wildman–Crippen MR) is 247 cm³/mol. The summed E-state index contributed by atoms with van der Waals surface area (Å²) in [5.41, 5.74) is 5.85. The van der Waals surface area contributed by atoms with Crippen LogP contribution in [0.3, 0.4) is 0 Å². The number of carbonyl (C=O) groups excluding carboxylic acids is 4. The van der Waals surface area contributed by atoms with Crippen molar-refractivity contribution >= 4 is 74.1 Å². The molecular weight excluding hydrogens is 838 g/mol. The fourth-order valence-corrected chi connectivity index (χ4v) is 9.67. The highest BCUT2D eigenvalue weighted by Gasteiger charge is 2.32. The van der Waals surface area contributed by atoms with E-state index in [-0.39, 0.29) is 49.7 Å². The topological polar surface area (TPSA) is 156 Å². The van der Waals surface area contributed by atoms with Crippen LogP contribution in [0.4, 0.5) is 0 Å². The normalized spacial score (nSPS) is 15.1. The standard InChI is InChI=1S/C47H50ClN9O5S/c1-5-41(59)57-38-10-7-6-9-35(38)36-27-33(13-16-39(36)57)46(61)50-19-26-62-25-17-42(60)55-23-21-54(22-24-55)20-8-18-49-40(58)28-37-45-53-52-31(4)56(45)47-43(29(2)30(3)63-47)44(51-37)32-11-14-34(48)15-12-32/h5-7,9-16,27,37H,1,8,17-26,28H2,2-4H3,(H,49,58)(H,50,61)/t37-/m0/s1. The SMILES string of the molecule is C=CC(=O)n1c2ccccc2c2cc(C(=O)NCCOCCC(=O)N3CCN(CCCNC(=O)C[C@@H]4N=C(c5ccc(Cl)cc5)c5c(sc(C)c5C)-n5c(C)nnc54)CC3)ccc21. The predicted octanol–water partition coefficient (Wildman–Crippen LogP) is 6.61. The first-order valence-electron chi connectivity index (χ1n) is 21.2. The number of allylic oxidation sites excluding steroid dienone is 1. The highest BCUT2D eigenvalue weighted by Crippen LogP contribution is 2.39. The Morgan fingerprint density at radius 3 is 2.44 bits per heavy atom. The summed E-state index contributed by atoms with van der Waals surface area (Å²) in [7, 11) is 0. The number of rotatable bonds is 15. The van der Waals surface area contributed by atoms with Gasteiger partial charge in [0, 0.05) is 76.6 Å². The first-order valence-corrected chi connectivity index (χ1v) is 22.4. The summed E-state index contributed by atoms with van der Waals surface area (Å²) in [4.78, 5) is 62.5. The van der Waals surface area contributed by atoms with Gasteiger partial charge < -0.3 is 20.3 Å². The third-order valence-electron chi connectivity index (χ3n) is 11.8. The molecule has 8 rings (SSSR count). The van der Waals surface area contributed by atoms with E-state index in [4.69, 9.17) is 21.3 Å². The number of aryl methyl sites for hydroxylation is 2. The second-order valence-electron chi connectivity index (χ2n) is 15.8. The molecule has 0 aliphatic carbocycles. The number of ether oxygens (including phenoxy) is 1. The van der Waals surface area contributed by atoms with E-state index in [0.717, 1.165) is 75.6 Å². The molecule has 3 amide bonds. The average molecular weight is 888 g/mol. The number of thiophene rings is 1. The van der Waals surface area contributed by atoms with Crippen molar-refractivity contribution in [1.82, 2.24) is 39.8 Å². The third-order valence-corrected chi connectivity index (χ3v) is 13.2. The number of hydrogen-bond donors (Lipinski definition) is 2. The van der Waals surface area contributed by atoms with Crippen LogP contribution in [0.5, 0.6) is 0 Å². The van der Waals surface area contributed by atoms with Crippen LogP contribution in [0, 0.1) is 20.8 Å². The van der Waals surface area contributed by atoms with Crippen molar-refractivity contribution in [3.63, 3.8) is 0 Å². The van der Waals surface area contributed by atoms with Crippen LogP contribution in [0.25, 0.3) is 26.8 Å². The van der Waals surface area contributed by atoms with Gasteiger partial charge in [0.25, 0.3) is 11.8 Å². The molecule has 3 aromatic heterocycles. The molecule has 0 radical (unpaired) electrons. The van der Waals surface area contributed by atoms with Crippen LogP contribution < -0.4 is 10.6 Å². The fourth-order valence-electron chi connectivity index (χ4n) is 8.33. The van der Waals surface area contributed by atoms with E-state index in [1.165, 1.54) is 11.0 Å². The summed E-state index contributed by atoms with van der Waals surface area (Å²) in [5, 5.41) is 18.2. The van der Waals surface area contributed by atoms with Crippen LogP contribution in [0.2, 0.25) is 5.02 Å². The number of benzene rings is 3. The van der Waals surface area contributed by atoms with Gasteiger partial charge in [-0.25, -0.2) is 0 Å². The van der Waals surface area contributed by atoms with Gasteiger partial charge in [-0.3, -0.25) is 38.2 Å². The van der Waals surface area contributed by atoms with Crippen LogP contribution >= 0.6 is 22.9 Å². The molecule has 2 N–H and O–H groups in total. The van der Waals surface area contributed by atoms with Crippen LogP contribution in [-0.2, 0) is 14.3 Å². The second kappa shape index (κ2) is 19.2. The fraction of sp³-hybridized carbons (Fsp3) is 0.340. The van der Waals surface area contributed by atoms with Gasteiger partial charge in [0.1, 0.15) is 16.9 Å². The number of piperazine rings is 1. The Bertz CT molecular complexity index is 2750. The third kappa shape index (κ3) is 9.23. The van der Waals surface area contributed by atoms with E-state index in [9.17, 15) is 19.2 Å². The molecule has 326 valence electrons. The van der Waals surface area contributed by atoms with Crippen molar-refractivity contribution in [3.05, 3.63) is 123 Å². The quantitative estimate of drug-likeness (QED) is 0.0863. The number of hydrogen-bond acceptors (Lipinski definition) is 10. The highest BCUT2D eigenvalue weighted by atomic mass is 35.5. The van der Waals surface area contributed by atoms with E-state index >= 15 is 0 Å². The highest BCUT2D eigenvalue weighted by molar-refractivity contribution is 7.15. The van der Waals surface area contributed by atoms with Crippen LogP contribution in [-0.4, -0.2) is 117 Å². The molecule has 0 saturated carbocycles. The second-order valence-corrected chi connectivity index (χ2v) is 17.4. The summed E-state index contributed by atoms with van der Waals surface area (Å²) in [6.45, 7) is 14.7. The molecule has 1 atom stereocenters. The van der Waals surface area contributed by atoms with E-state index < -0.39 is 6.04 Å². The minimum Gasteiger partial charge on any atom is -0.379 e. The van der Waals surface area contributed by atoms with Gasteiger partial charge in [-0.05, 0) is 81.8 Å². The van der Waals surface area contributed by atoms with Crippen molar-refractivity contribution < 1.29 is 23.9 Å². The maximum atomic E-state index is 13.4. The lowest BCUT2D eigenvalue weighted by atomic mass is 9.99. The molecule has 2 aliphatic rings. The smallest absolute Gasteiger partial charge is 0.254 e. The number of fused-ring (bicyclic) bond motifs is 6. The first kappa shape index (κ1) is 43.6. The minimum absolute atomic E-state index is 0.0418. The van der Waals surface area contributed by atoms with Crippen molar-refractivity contribution in [2.45, 2.75) is 46.1 Å². The molecule has 1 saturated heterocycles. The molecular formula is C47H50ClN9O5S. The molecule has 63 heavy (non-hydrogen) atoms. The van der Waals surface area contributed by atoms with Gasteiger partial charge in [0.15, 0.2) is 5.82 Å². The molecule has 1 fully saturated rings. The maximum Gasteiger partial charge on any atom is 0.254 e. The Morgan fingerprint density at radius 1 is 0.905 bits per heavy atom. The number of nitrogens with one attached hydrogen (secondary N) is 2. The number of amides is 3. The number of nitrogens with zero attached hydrogens (tertiary/aromatic N) is 7. The van der Waals surface area contributed by atoms with Crippen LogP contribution in [0.1, 0.15) is 73.7 Å². The Hall–Kier alpha value is -6.00. The van der Waals surface area contributed by atoms with Gasteiger partial charge in [0.05, 0.1) is 42.8 Å². The number of aromatic nitrogens is 4. The van der Waals surface area contributed by atoms with Gasteiger partial charge >= 0.3 is 0 Å². The summed E-state index contributed by atoms with van der Waals surface area (Å²) in [5.74, 6) is 0.847. The van der Waals surface area contributed by atoms with Crippen molar-refractivity contribution in [1.29, 1.82) is 0 Å². The summed E-state index contributed by atoms with van der Waals surface area (Å²) in [6.07, 6.45) is 2.45. The summed E-state index contributed by atoms with van der Waals surface area (Å²) in [6, 6.07) is 20.0. The maximum absolute atomic E-state index is 13.4. The van der Waals surface area contributed by atoms with E-state index in [0.29, 0.717) is 48.1 Å². The van der Waals surface area contributed by atoms with Gasteiger partial charge in [-0.15, -0.1) is 21.5 Å². The Kier molecular flexibility index (Phi) is 13.3. The van der Waals surface area contributed by atoms with Crippen molar-refractivity contribution in [3.8, 4) is 5.00 Å². The Morgan fingerprint density at radius 2 is 1.67 bits per heavy atom. The van der Waals surface area contributed by atoms with E-state index in [1.54, 1.807) is 34.1 Å². The molecule has 0 spiro atoms. The molecule has 0 unspecified atom stereocenters. The number of carbonyl (C=O) groups is 4. The minimum atomic E-state index is -0.529. The zero-order valence-corrected chi connectivity index (χ0v) is 37.2. The molecule has 0 bridgehead atoms. The Labute approximate surface area is 374 Å². The monoisotopic (exact) mass is 887 g/mol. The molecule has 6 aromatic rings. The van der Waals surface area contributed by atoms with E-state index in [1.807, 2.05) is 64.9 Å². The largest absolute Gasteiger partial charge is 0.379 e. The lowest BCUT2D eigenvalue weighted by Crippen LogP contribution is -2.49. The average Bonchev–Trinajstić information content (AvgIpc) is 3.91. The zero-order chi connectivity index (χ0) is 44.2. The van der Waals surface area contributed by atoms with Crippen LogP contribution in [0.15, 0.2) is 84.4 Å². The van der Waals surface area contributed by atoms with E-state index in [2.05, 4.69) is 46.2 Å². The molecule has 5 heterocycles. The number of aliphatic imine (C=N–C) groups is 1. The first-order chi connectivity index (χ1) is 30.5. The molecule has 2 aliphatic heterocycles. The Balaban J connectivity index is 0.745. The summed E-state index contributed by atoms with van der Waals surface area (Å²) >= 11 is 7.92. The van der Waals surface area contributed by atoms with Gasteiger partial charge in [0.2, 0.25) is 11.8 Å². The van der Waals surface area contributed by atoms with Gasteiger partial charge in [-0.2, -0.15) is 0 Å². The zero-order valence-electron chi connectivity index (χ0n) is 35.7. The summed E-state index contributed by atoms with van der Waals surface area (Å²) < 4.78 is 9.35. The lowest BCUT2D eigenvalue weighted by molar-refractivity contribution is -0.134. The number of halogens is 1. The molecule has 16 heteroatoms. The van der Waals surface area contributed by atoms with Crippen molar-refractivity contribution in [2.24, 2.45) is 4.99 Å².